The van der Waals surface area contributed by atoms with Crippen molar-refractivity contribution in [1.29, 1.82) is 0 Å². The van der Waals surface area contributed by atoms with Crippen molar-refractivity contribution in [3.8, 4) is 5.75 Å². The number of carbonyl (C=O) groups is 2. The topological polar surface area (TPSA) is 61.9 Å². The summed E-state index contributed by atoms with van der Waals surface area (Å²) in [4.78, 5) is 28.6. The summed E-state index contributed by atoms with van der Waals surface area (Å²) in [5.74, 6) is 1.19. The summed E-state index contributed by atoms with van der Waals surface area (Å²) >= 11 is 0. The molecule has 1 N–H and O–H groups in total. The summed E-state index contributed by atoms with van der Waals surface area (Å²) < 4.78 is 5.14. The number of hydrogen-bond donors (Lipinski definition) is 1. The molecule has 0 bridgehead atoms. The summed E-state index contributed by atoms with van der Waals surface area (Å²) in [7, 11) is 1.64. The number of amides is 2. The van der Waals surface area contributed by atoms with Crippen molar-refractivity contribution >= 4 is 24.2 Å². The number of benzene rings is 1. The Hall–Kier alpha value is -1.79. The van der Waals surface area contributed by atoms with Crippen LogP contribution in [0.5, 0.6) is 5.75 Å². The first-order chi connectivity index (χ1) is 12.2. The number of nitrogens with one attached hydrogen (secondary N) is 1. The molecule has 2 aliphatic rings. The van der Waals surface area contributed by atoms with Gasteiger partial charge in [0.05, 0.1) is 13.2 Å². The van der Waals surface area contributed by atoms with Crippen LogP contribution in [-0.4, -0.2) is 67.5 Å². The molecule has 0 spiro atoms. The standard InChI is InChI=1S/C19H27N3O3.ClH/c1-25-16-7-4-15(5-8-16)6-9-18(23)21-11-13-22(14-12-21)19(24)17-3-2-10-20-17;/h4-5,7-8,17,20H,2-3,6,9-14H2,1H3;1H. The van der Waals surface area contributed by atoms with Gasteiger partial charge in [0.25, 0.3) is 0 Å². The van der Waals surface area contributed by atoms with Crippen LogP contribution in [0, 0.1) is 0 Å². The monoisotopic (exact) mass is 381 g/mol. The molecule has 3 rings (SSSR count). The molecular formula is C19H28ClN3O3. The second kappa shape index (κ2) is 9.78. The quantitative estimate of drug-likeness (QED) is 0.839. The molecule has 2 fully saturated rings. The van der Waals surface area contributed by atoms with E-state index in [9.17, 15) is 9.59 Å². The van der Waals surface area contributed by atoms with Crippen LogP contribution in [0.15, 0.2) is 24.3 Å². The minimum atomic E-state index is -0.0164. The maximum Gasteiger partial charge on any atom is 0.239 e. The molecule has 2 heterocycles. The van der Waals surface area contributed by atoms with Crippen molar-refractivity contribution in [2.75, 3.05) is 39.8 Å². The van der Waals surface area contributed by atoms with Gasteiger partial charge in [-0.1, -0.05) is 12.1 Å². The van der Waals surface area contributed by atoms with Gasteiger partial charge in [-0.15, -0.1) is 12.4 Å². The Morgan fingerprint density at radius 1 is 1.12 bits per heavy atom. The minimum absolute atomic E-state index is 0. The van der Waals surface area contributed by atoms with E-state index in [4.69, 9.17) is 4.74 Å². The van der Waals surface area contributed by atoms with Gasteiger partial charge in [0.15, 0.2) is 0 Å². The summed E-state index contributed by atoms with van der Waals surface area (Å²) in [6.45, 7) is 3.50. The average Bonchev–Trinajstić information content (AvgIpc) is 3.21. The molecular weight excluding hydrogens is 354 g/mol. The van der Waals surface area contributed by atoms with Crippen molar-refractivity contribution < 1.29 is 14.3 Å². The molecule has 2 saturated heterocycles. The zero-order chi connectivity index (χ0) is 17.6. The van der Waals surface area contributed by atoms with Crippen molar-refractivity contribution in [3.63, 3.8) is 0 Å². The van der Waals surface area contributed by atoms with Crippen LogP contribution in [0.4, 0.5) is 0 Å². The molecule has 2 aliphatic heterocycles. The lowest BCUT2D eigenvalue weighted by Crippen LogP contribution is -2.54. The normalized spacial score (nSPS) is 19.8. The number of carbonyl (C=O) groups excluding carboxylic acids is 2. The highest BCUT2D eigenvalue weighted by Crippen LogP contribution is 2.14. The van der Waals surface area contributed by atoms with Gasteiger partial charge < -0.3 is 19.9 Å². The molecule has 0 radical (unpaired) electrons. The van der Waals surface area contributed by atoms with E-state index in [-0.39, 0.29) is 30.3 Å². The van der Waals surface area contributed by atoms with Crippen molar-refractivity contribution in [2.45, 2.75) is 31.7 Å². The molecule has 1 atom stereocenters. The lowest BCUT2D eigenvalue weighted by Gasteiger charge is -2.36. The molecule has 7 heteroatoms. The maximum atomic E-state index is 12.4. The number of aryl methyl sites for hydroxylation is 1. The second-order valence-electron chi connectivity index (χ2n) is 6.70. The minimum Gasteiger partial charge on any atom is -0.497 e. The van der Waals surface area contributed by atoms with Gasteiger partial charge in [-0.2, -0.15) is 0 Å². The van der Waals surface area contributed by atoms with Gasteiger partial charge in [0.2, 0.25) is 11.8 Å². The second-order valence-corrected chi connectivity index (χ2v) is 6.70. The molecule has 2 amide bonds. The molecule has 1 unspecified atom stereocenters. The zero-order valence-electron chi connectivity index (χ0n) is 15.3. The maximum absolute atomic E-state index is 12.4. The summed E-state index contributed by atoms with van der Waals surface area (Å²) in [5, 5.41) is 3.25. The molecule has 1 aromatic rings. The van der Waals surface area contributed by atoms with Crippen LogP contribution in [-0.2, 0) is 16.0 Å². The Labute approximate surface area is 161 Å². The smallest absolute Gasteiger partial charge is 0.239 e. The fraction of sp³-hybridized carbons (Fsp3) is 0.579. The summed E-state index contributed by atoms with van der Waals surface area (Å²) in [6.07, 6.45) is 3.23. The Morgan fingerprint density at radius 3 is 2.35 bits per heavy atom. The van der Waals surface area contributed by atoms with Crippen LogP contribution in [0.3, 0.4) is 0 Å². The van der Waals surface area contributed by atoms with E-state index in [0.29, 0.717) is 32.6 Å². The third kappa shape index (κ3) is 5.11. The lowest BCUT2D eigenvalue weighted by molar-refractivity contribution is -0.140. The highest BCUT2D eigenvalue weighted by atomic mass is 35.5. The first-order valence-corrected chi connectivity index (χ1v) is 9.10. The number of methoxy groups -OCH3 is 1. The lowest BCUT2D eigenvalue weighted by atomic mass is 10.1. The van der Waals surface area contributed by atoms with Crippen LogP contribution >= 0.6 is 12.4 Å². The fourth-order valence-electron chi connectivity index (χ4n) is 3.49. The van der Waals surface area contributed by atoms with E-state index in [2.05, 4.69) is 5.32 Å². The third-order valence-electron chi connectivity index (χ3n) is 5.09. The largest absolute Gasteiger partial charge is 0.497 e. The third-order valence-corrected chi connectivity index (χ3v) is 5.09. The predicted octanol–water partition coefficient (Wildman–Crippen LogP) is 1.47. The Morgan fingerprint density at radius 2 is 1.77 bits per heavy atom. The molecule has 26 heavy (non-hydrogen) atoms. The van der Waals surface area contributed by atoms with E-state index in [1.165, 1.54) is 0 Å². The van der Waals surface area contributed by atoms with Crippen LogP contribution in [0.2, 0.25) is 0 Å². The highest BCUT2D eigenvalue weighted by Gasteiger charge is 2.30. The SMILES string of the molecule is COc1ccc(CCC(=O)N2CCN(C(=O)C3CCCN3)CC2)cc1.Cl. The van der Waals surface area contributed by atoms with Gasteiger partial charge in [0, 0.05) is 32.6 Å². The summed E-state index contributed by atoms with van der Waals surface area (Å²) in [6, 6.07) is 7.81. The van der Waals surface area contributed by atoms with Gasteiger partial charge >= 0.3 is 0 Å². The molecule has 144 valence electrons. The van der Waals surface area contributed by atoms with E-state index in [1.807, 2.05) is 34.1 Å². The molecule has 0 aliphatic carbocycles. The van der Waals surface area contributed by atoms with Gasteiger partial charge in [-0.25, -0.2) is 0 Å². The number of ether oxygens (including phenoxy) is 1. The average molecular weight is 382 g/mol. The van der Waals surface area contributed by atoms with E-state index in [1.54, 1.807) is 7.11 Å². The van der Waals surface area contributed by atoms with Gasteiger partial charge in [-0.05, 0) is 43.5 Å². The number of piperazine rings is 1. The predicted molar refractivity (Wildman–Crippen MR) is 103 cm³/mol. The van der Waals surface area contributed by atoms with E-state index < -0.39 is 0 Å². The summed E-state index contributed by atoms with van der Waals surface area (Å²) in [5.41, 5.74) is 1.13. The first kappa shape index (κ1) is 20.5. The van der Waals surface area contributed by atoms with Crippen LogP contribution in [0.1, 0.15) is 24.8 Å². The van der Waals surface area contributed by atoms with E-state index in [0.717, 1.165) is 37.1 Å². The van der Waals surface area contributed by atoms with Crippen LogP contribution in [0.25, 0.3) is 0 Å². The van der Waals surface area contributed by atoms with Gasteiger partial charge in [0.1, 0.15) is 5.75 Å². The number of rotatable bonds is 5. The highest BCUT2D eigenvalue weighted by molar-refractivity contribution is 5.85. The molecule has 6 nitrogen and oxygen atoms in total. The number of hydrogen-bond acceptors (Lipinski definition) is 4. The van der Waals surface area contributed by atoms with Gasteiger partial charge in [-0.3, -0.25) is 9.59 Å². The molecule has 0 saturated carbocycles. The Bertz CT molecular complexity index is 595. The number of nitrogens with zero attached hydrogens (tertiary/aromatic N) is 2. The van der Waals surface area contributed by atoms with Crippen molar-refractivity contribution in [3.05, 3.63) is 29.8 Å². The Kier molecular flexibility index (Phi) is 7.72. The molecule has 0 aromatic heterocycles. The zero-order valence-corrected chi connectivity index (χ0v) is 16.1. The first-order valence-electron chi connectivity index (χ1n) is 9.10. The fourth-order valence-corrected chi connectivity index (χ4v) is 3.49. The number of halogens is 1. The Balaban J connectivity index is 0.00000243. The molecule has 1 aromatic carbocycles. The van der Waals surface area contributed by atoms with E-state index >= 15 is 0 Å². The van der Waals surface area contributed by atoms with Crippen LogP contribution < -0.4 is 10.1 Å². The van der Waals surface area contributed by atoms with Crippen molar-refractivity contribution in [2.24, 2.45) is 0 Å². The van der Waals surface area contributed by atoms with Crippen molar-refractivity contribution in [1.82, 2.24) is 15.1 Å².